The lowest BCUT2D eigenvalue weighted by atomic mass is 9.82. The third kappa shape index (κ3) is 5.28. The Hall–Kier alpha value is -0.120. The van der Waals surface area contributed by atoms with Crippen molar-refractivity contribution < 1.29 is 0 Å². The summed E-state index contributed by atoms with van der Waals surface area (Å²) in [6.45, 7) is 8.45. The van der Waals surface area contributed by atoms with Crippen LogP contribution >= 0.6 is 0 Å². The van der Waals surface area contributed by atoms with Gasteiger partial charge in [0, 0.05) is 13.1 Å². The van der Waals surface area contributed by atoms with Gasteiger partial charge in [-0.3, -0.25) is 0 Å². The average Bonchev–Trinajstić information content (AvgIpc) is 2.17. The summed E-state index contributed by atoms with van der Waals surface area (Å²) in [5, 5.41) is 3.52. The summed E-state index contributed by atoms with van der Waals surface area (Å²) in [5.74, 6) is 0. The largest absolute Gasteiger partial charge is 0.316 e. The Bertz CT molecular complexity index is 186. The van der Waals surface area contributed by atoms with Gasteiger partial charge < -0.3 is 15.1 Å². The molecule has 1 fully saturated rings. The molecule has 3 heteroatoms. The minimum atomic E-state index is 0.491. The summed E-state index contributed by atoms with van der Waals surface area (Å²) in [5.41, 5.74) is 0.491. The van der Waals surface area contributed by atoms with Gasteiger partial charge in [-0.05, 0) is 65.5 Å². The first-order chi connectivity index (χ1) is 7.52. The van der Waals surface area contributed by atoms with E-state index in [9.17, 15) is 0 Å². The molecule has 16 heavy (non-hydrogen) atoms. The van der Waals surface area contributed by atoms with Gasteiger partial charge in [0.1, 0.15) is 0 Å². The highest BCUT2D eigenvalue weighted by molar-refractivity contribution is 4.83. The number of rotatable bonds is 6. The molecule has 0 aromatic rings. The molecule has 0 bridgehead atoms. The fourth-order valence-corrected chi connectivity index (χ4v) is 2.64. The predicted molar refractivity (Wildman–Crippen MR) is 70.9 cm³/mol. The van der Waals surface area contributed by atoms with Crippen molar-refractivity contribution in [2.24, 2.45) is 5.41 Å². The Kier molecular flexibility index (Phi) is 5.73. The maximum Gasteiger partial charge on any atom is 0.00444 e. The molecule has 1 aliphatic heterocycles. The van der Waals surface area contributed by atoms with Gasteiger partial charge in [-0.2, -0.15) is 0 Å². The molecule has 1 unspecified atom stereocenters. The summed E-state index contributed by atoms with van der Waals surface area (Å²) >= 11 is 0. The molecule has 0 saturated carbocycles. The Morgan fingerprint density at radius 1 is 1.19 bits per heavy atom. The quantitative estimate of drug-likeness (QED) is 0.737. The highest BCUT2D eigenvalue weighted by Crippen LogP contribution is 2.26. The summed E-state index contributed by atoms with van der Waals surface area (Å²) in [4.78, 5) is 4.76. The van der Waals surface area contributed by atoms with Crippen LogP contribution in [0.25, 0.3) is 0 Å². The van der Waals surface area contributed by atoms with E-state index >= 15 is 0 Å². The Morgan fingerprint density at radius 2 is 1.94 bits per heavy atom. The maximum absolute atomic E-state index is 3.52. The zero-order valence-corrected chi connectivity index (χ0v) is 11.6. The summed E-state index contributed by atoms with van der Waals surface area (Å²) < 4.78 is 0. The molecule has 96 valence electrons. The van der Waals surface area contributed by atoms with E-state index in [4.69, 9.17) is 0 Å². The van der Waals surface area contributed by atoms with Gasteiger partial charge in [0.15, 0.2) is 0 Å². The normalized spacial score (nSPS) is 26.6. The van der Waals surface area contributed by atoms with Crippen LogP contribution in [0.2, 0.25) is 0 Å². The lowest BCUT2D eigenvalue weighted by Gasteiger charge is -2.37. The van der Waals surface area contributed by atoms with Crippen LogP contribution in [0.1, 0.15) is 26.2 Å². The standard InChI is InChI=1S/C13H29N3/c1-13(7-5-8-14-11-13)12-16(4)10-6-9-15(2)3/h14H,5-12H2,1-4H3. The molecule has 0 radical (unpaired) electrons. The van der Waals surface area contributed by atoms with Gasteiger partial charge in [0.05, 0.1) is 0 Å². The zero-order chi connectivity index (χ0) is 12.0. The summed E-state index contributed by atoms with van der Waals surface area (Å²) in [6.07, 6.45) is 3.98. The van der Waals surface area contributed by atoms with Crippen molar-refractivity contribution in [3.63, 3.8) is 0 Å². The molecule has 0 amide bonds. The molecule has 3 nitrogen and oxygen atoms in total. The minimum Gasteiger partial charge on any atom is -0.316 e. The number of hydrogen-bond acceptors (Lipinski definition) is 3. The molecular formula is C13H29N3. The fourth-order valence-electron chi connectivity index (χ4n) is 2.64. The summed E-state index contributed by atoms with van der Waals surface area (Å²) in [7, 11) is 6.55. The summed E-state index contributed by atoms with van der Waals surface area (Å²) in [6, 6.07) is 0. The first-order valence-electron chi connectivity index (χ1n) is 6.56. The fraction of sp³-hybridized carbons (Fsp3) is 1.00. The molecule has 0 aliphatic carbocycles. The third-order valence-corrected chi connectivity index (χ3v) is 3.48. The zero-order valence-electron chi connectivity index (χ0n) is 11.6. The van der Waals surface area contributed by atoms with Crippen LogP contribution < -0.4 is 5.32 Å². The molecule has 0 aromatic carbocycles. The van der Waals surface area contributed by atoms with Crippen LogP contribution in [0.3, 0.4) is 0 Å². The second-order valence-electron chi connectivity index (χ2n) is 5.99. The van der Waals surface area contributed by atoms with E-state index in [2.05, 4.69) is 43.2 Å². The van der Waals surface area contributed by atoms with E-state index in [1.165, 1.54) is 52.0 Å². The van der Waals surface area contributed by atoms with Crippen molar-refractivity contribution in [2.45, 2.75) is 26.2 Å². The SMILES string of the molecule is CN(C)CCCN(C)CC1(C)CCCNC1. The highest BCUT2D eigenvalue weighted by atomic mass is 15.1. The van der Waals surface area contributed by atoms with Gasteiger partial charge >= 0.3 is 0 Å². The average molecular weight is 227 g/mol. The van der Waals surface area contributed by atoms with Crippen LogP contribution in [-0.2, 0) is 0 Å². The molecule has 1 aliphatic rings. The molecule has 1 N–H and O–H groups in total. The molecular weight excluding hydrogens is 198 g/mol. The Labute approximate surface area is 101 Å². The number of nitrogens with one attached hydrogen (secondary N) is 1. The molecule has 1 saturated heterocycles. The van der Waals surface area contributed by atoms with Crippen molar-refractivity contribution in [3.05, 3.63) is 0 Å². The van der Waals surface area contributed by atoms with Crippen molar-refractivity contribution in [3.8, 4) is 0 Å². The second kappa shape index (κ2) is 6.58. The van der Waals surface area contributed by atoms with Crippen LogP contribution in [-0.4, -0.2) is 63.7 Å². The first kappa shape index (κ1) is 13.9. The lowest BCUT2D eigenvalue weighted by molar-refractivity contribution is 0.149. The third-order valence-electron chi connectivity index (χ3n) is 3.48. The topological polar surface area (TPSA) is 18.5 Å². The van der Waals surface area contributed by atoms with Gasteiger partial charge in [-0.25, -0.2) is 0 Å². The maximum atomic E-state index is 3.52. The van der Waals surface area contributed by atoms with Crippen molar-refractivity contribution in [1.29, 1.82) is 0 Å². The smallest absolute Gasteiger partial charge is 0.00444 e. The number of hydrogen-bond donors (Lipinski definition) is 1. The first-order valence-corrected chi connectivity index (χ1v) is 6.56. The van der Waals surface area contributed by atoms with E-state index < -0.39 is 0 Å². The molecule has 1 rings (SSSR count). The van der Waals surface area contributed by atoms with Gasteiger partial charge in [-0.15, -0.1) is 0 Å². The van der Waals surface area contributed by atoms with Crippen LogP contribution in [0, 0.1) is 5.41 Å². The van der Waals surface area contributed by atoms with Gasteiger partial charge in [0.25, 0.3) is 0 Å². The Morgan fingerprint density at radius 3 is 2.50 bits per heavy atom. The van der Waals surface area contributed by atoms with Crippen LogP contribution in [0.5, 0.6) is 0 Å². The van der Waals surface area contributed by atoms with E-state index in [0.29, 0.717) is 5.41 Å². The van der Waals surface area contributed by atoms with E-state index in [0.717, 1.165) is 0 Å². The Balaban J connectivity index is 2.19. The molecule has 0 spiro atoms. The van der Waals surface area contributed by atoms with Gasteiger partial charge in [0.2, 0.25) is 0 Å². The van der Waals surface area contributed by atoms with Crippen molar-refractivity contribution in [1.82, 2.24) is 15.1 Å². The van der Waals surface area contributed by atoms with Crippen LogP contribution in [0.15, 0.2) is 0 Å². The van der Waals surface area contributed by atoms with Gasteiger partial charge in [-0.1, -0.05) is 6.92 Å². The van der Waals surface area contributed by atoms with Crippen LogP contribution in [0.4, 0.5) is 0 Å². The van der Waals surface area contributed by atoms with E-state index in [-0.39, 0.29) is 0 Å². The molecule has 1 atom stereocenters. The second-order valence-corrected chi connectivity index (χ2v) is 5.99. The monoisotopic (exact) mass is 227 g/mol. The lowest BCUT2D eigenvalue weighted by Crippen LogP contribution is -2.45. The van der Waals surface area contributed by atoms with Crippen molar-refractivity contribution in [2.75, 3.05) is 53.9 Å². The van der Waals surface area contributed by atoms with Crippen molar-refractivity contribution >= 4 is 0 Å². The number of piperidine rings is 1. The molecule has 1 heterocycles. The number of nitrogens with zero attached hydrogens (tertiary/aromatic N) is 2. The van der Waals surface area contributed by atoms with E-state index in [1.807, 2.05) is 0 Å². The minimum absolute atomic E-state index is 0.491. The molecule has 0 aromatic heterocycles. The predicted octanol–water partition coefficient (Wildman–Crippen LogP) is 1.26. The highest BCUT2D eigenvalue weighted by Gasteiger charge is 2.27. The van der Waals surface area contributed by atoms with E-state index in [1.54, 1.807) is 0 Å².